The highest BCUT2D eigenvalue weighted by Gasteiger charge is 2.34. The van der Waals surface area contributed by atoms with E-state index in [-0.39, 0.29) is 11.8 Å². The lowest BCUT2D eigenvalue weighted by atomic mass is 9.84. The maximum absolute atomic E-state index is 12.5. The highest BCUT2D eigenvalue weighted by atomic mass is 16.2. The van der Waals surface area contributed by atoms with Gasteiger partial charge in [0.05, 0.1) is 0 Å². The first kappa shape index (κ1) is 15.1. The highest BCUT2D eigenvalue weighted by Crippen LogP contribution is 2.32. The fourth-order valence-electron chi connectivity index (χ4n) is 3.79. The number of rotatable bonds is 2. The van der Waals surface area contributed by atoms with Crippen LogP contribution in [0.1, 0.15) is 36.7 Å². The Morgan fingerprint density at radius 1 is 1.09 bits per heavy atom. The van der Waals surface area contributed by atoms with Crippen LogP contribution in [0.3, 0.4) is 0 Å². The van der Waals surface area contributed by atoms with Crippen molar-refractivity contribution in [3.63, 3.8) is 0 Å². The second-order valence-corrected chi connectivity index (χ2v) is 6.48. The Hall–Kier alpha value is -1.85. The van der Waals surface area contributed by atoms with Gasteiger partial charge < -0.3 is 9.80 Å². The van der Waals surface area contributed by atoms with E-state index in [1.165, 1.54) is 0 Å². The summed E-state index contributed by atoms with van der Waals surface area (Å²) in [7, 11) is 1.80. The van der Waals surface area contributed by atoms with Crippen molar-refractivity contribution < 1.29 is 9.59 Å². The van der Waals surface area contributed by atoms with Crippen LogP contribution < -0.4 is 0 Å². The van der Waals surface area contributed by atoms with Gasteiger partial charge in [-0.3, -0.25) is 14.3 Å². The SMILES string of the molecule is CC(=O)N1CCC(C2CCN(C(=O)c3ccnn3C)C2)CC1. The molecule has 1 atom stereocenters. The van der Waals surface area contributed by atoms with Gasteiger partial charge in [0.25, 0.3) is 5.91 Å². The maximum atomic E-state index is 12.5. The Morgan fingerprint density at radius 3 is 2.32 bits per heavy atom. The number of piperidine rings is 1. The second kappa shape index (κ2) is 6.10. The summed E-state index contributed by atoms with van der Waals surface area (Å²) in [6.07, 6.45) is 4.88. The maximum Gasteiger partial charge on any atom is 0.272 e. The van der Waals surface area contributed by atoms with Crippen LogP contribution in [0.15, 0.2) is 12.3 Å². The van der Waals surface area contributed by atoms with Crippen molar-refractivity contribution in [2.75, 3.05) is 26.2 Å². The van der Waals surface area contributed by atoms with E-state index in [1.807, 2.05) is 9.80 Å². The molecule has 0 N–H and O–H groups in total. The van der Waals surface area contributed by atoms with E-state index < -0.39 is 0 Å². The molecule has 2 amide bonds. The molecule has 0 aromatic carbocycles. The first-order valence-electron chi connectivity index (χ1n) is 8.09. The van der Waals surface area contributed by atoms with Gasteiger partial charge in [-0.15, -0.1) is 0 Å². The molecule has 0 aliphatic carbocycles. The van der Waals surface area contributed by atoms with Crippen LogP contribution in [0.2, 0.25) is 0 Å². The Labute approximate surface area is 131 Å². The first-order valence-corrected chi connectivity index (χ1v) is 8.09. The molecule has 2 aliphatic heterocycles. The Bertz CT molecular complexity index is 560. The third kappa shape index (κ3) is 2.87. The third-order valence-corrected chi connectivity index (χ3v) is 5.20. The molecule has 1 unspecified atom stereocenters. The van der Waals surface area contributed by atoms with Crippen molar-refractivity contribution in [1.82, 2.24) is 19.6 Å². The fraction of sp³-hybridized carbons (Fsp3) is 0.688. The summed E-state index contributed by atoms with van der Waals surface area (Å²) < 4.78 is 1.64. The molecule has 2 fully saturated rings. The van der Waals surface area contributed by atoms with Gasteiger partial charge in [-0.2, -0.15) is 5.10 Å². The summed E-state index contributed by atoms with van der Waals surface area (Å²) >= 11 is 0. The quantitative estimate of drug-likeness (QED) is 0.823. The Balaban J connectivity index is 1.56. The van der Waals surface area contributed by atoms with E-state index in [1.54, 1.807) is 30.9 Å². The molecule has 1 aromatic heterocycles. The minimum Gasteiger partial charge on any atom is -0.343 e. The van der Waals surface area contributed by atoms with E-state index in [9.17, 15) is 9.59 Å². The largest absolute Gasteiger partial charge is 0.343 e. The summed E-state index contributed by atoms with van der Waals surface area (Å²) in [6.45, 7) is 5.05. The third-order valence-electron chi connectivity index (χ3n) is 5.20. The van der Waals surface area contributed by atoms with Gasteiger partial charge in [0, 0.05) is 46.3 Å². The number of nitrogens with zero attached hydrogens (tertiary/aromatic N) is 4. The summed E-state index contributed by atoms with van der Waals surface area (Å²) in [6, 6.07) is 1.78. The molecule has 3 rings (SSSR count). The van der Waals surface area contributed by atoms with E-state index in [2.05, 4.69) is 5.10 Å². The van der Waals surface area contributed by atoms with Crippen molar-refractivity contribution >= 4 is 11.8 Å². The number of aryl methyl sites for hydroxylation is 1. The molecule has 0 saturated carbocycles. The average molecular weight is 304 g/mol. The van der Waals surface area contributed by atoms with Crippen LogP contribution in [0.25, 0.3) is 0 Å². The van der Waals surface area contributed by atoms with Crippen LogP contribution in [0.5, 0.6) is 0 Å². The van der Waals surface area contributed by atoms with Gasteiger partial charge in [0.15, 0.2) is 0 Å². The van der Waals surface area contributed by atoms with Crippen molar-refractivity contribution in [2.24, 2.45) is 18.9 Å². The molecule has 6 nitrogen and oxygen atoms in total. The molecule has 1 aromatic rings. The lowest BCUT2D eigenvalue weighted by molar-refractivity contribution is -0.130. The molecular weight excluding hydrogens is 280 g/mol. The molecule has 2 saturated heterocycles. The minimum atomic E-state index is 0.0867. The topological polar surface area (TPSA) is 58.4 Å². The number of aromatic nitrogens is 2. The number of carbonyl (C=O) groups is 2. The fourth-order valence-corrected chi connectivity index (χ4v) is 3.79. The Morgan fingerprint density at radius 2 is 1.73 bits per heavy atom. The smallest absolute Gasteiger partial charge is 0.272 e. The monoisotopic (exact) mass is 304 g/mol. The van der Waals surface area contributed by atoms with Crippen LogP contribution in [-0.4, -0.2) is 57.6 Å². The van der Waals surface area contributed by atoms with Gasteiger partial charge in [0.1, 0.15) is 5.69 Å². The predicted molar refractivity (Wildman–Crippen MR) is 82.2 cm³/mol. The lowest BCUT2D eigenvalue weighted by Crippen LogP contribution is -2.39. The van der Waals surface area contributed by atoms with Gasteiger partial charge in [-0.25, -0.2) is 0 Å². The van der Waals surface area contributed by atoms with E-state index in [0.717, 1.165) is 45.4 Å². The molecule has 22 heavy (non-hydrogen) atoms. The van der Waals surface area contributed by atoms with Crippen molar-refractivity contribution in [3.8, 4) is 0 Å². The molecule has 0 radical (unpaired) electrons. The number of carbonyl (C=O) groups excluding carboxylic acids is 2. The zero-order chi connectivity index (χ0) is 15.7. The first-order chi connectivity index (χ1) is 10.6. The molecular formula is C16H24N4O2. The van der Waals surface area contributed by atoms with E-state index >= 15 is 0 Å². The number of hydrogen-bond acceptors (Lipinski definition) is 3. The predicted octanol–water partition coefficient (Wildman–Crippen LogP) is 1.14. The Kier molecular flexibility index (Phi) is 4.18. The van der Waals surface area contributed by atoms with Crippen LogP contribution in [0.4, 0.5) is 0 Å². The summed E-state index contributed by atoms with van der Waals surface area (Å²) in [5.41, 5.74) is 0.659. The summed E-state index contributed by atoms with van der Waals surface area (Å²) in [5, 5.41) is 4.07. The normalized spacial score (nSPS) is 23.1. The summed E-state index contributed by atoms with van der Waals surface area (Å²) in [4.78, 5) is 27.8. The molecule has 120 valence electrons. The van der Waals surface area contributed by atoms with Gasteiger partial charge in [-0.1, -0.05) is 0 Å². The molecule has 0 bridgehead atoms. The van der Waals surface area contributed by atoms with Crippen molar-refractivity contribution in [2.45, 2.75) is 26.2 Å². The average Bonchev–Trinajstić information content (AvgIpc) is 3.15. The van der Waals surface area contributed by atoms with Crippen molar-refractivity contribution in [1.29, 1.82) is 0 Å². The lowest BCUT2D eigenvalue weighted by Gasteiger charge is -2.34. The molecule has 2 aliphatic rings. The number of amides is 2. The number of likely N-dealkylation sites (tertiary alicyclic amines) is 2. The van der Waals surface area contributed by atoms with Crippen molar-refractivity contribution in [3.05, 3.63) is 18.0 Å². The van der Waals surface area contributed by atoms with Gasteiger partial charge in [0.2, 0.25) is 5.91 Å². The van der Waals surface area contributed by atoms with Crippen LogP contribution in [-0.2, 0) is 11.8 Å². The summed E-state index contributed by atoms with van der Waals surface area (Å²) in [5.74, 6) is 1.48. The zero-order valence-corrected chi connectivity index (χ0v) is 13.4. The molecule has 6 heteroatoms. The minimum absolute atomic E-state index is 0.0867. The van der Waals surface area contributed by atoms with Gasteiger partial charge >= 0.3 is 0 Å². The molecule has 0 spiro atoms. The second-order valence-electron chi connectivity index (χ2n) is 6.48. The zero-order valence-electron chi connectivity index (χ0n) is 13.4. The van der Waals surface area contributed by atoms with Crippen LogP contribution in [0, 0.1) is 11.8 Å². The number of hydrogen-bond donors (Lipinski definition) is 0. The molecule has 3 heterocycles. The van der Waals surface area contributed by atoms with Crippen LogP contribution >= 0.6 is 0 Å². The van der Waals surface area contributed by atoms with Gasteiger partial charge in [-0.05, 0) is 37.2 Å². The van der Waals surface area contributed by atoms with E-state index in [0.29, 0.717) is 17.5 Å². The standard InChI is InChI=1S/C16H24N4O2/c1-12(21)19-8-4-13(5-9-19)14-6-10-20(11-14)16(22)15-3-7-17-18(15)2/h3,7,13-14H,4-6,8-11H2,1-2H3. The highest BCUT2D eigenvalue weighted by molar-refractivity contribution is 5.92. The van der Waals surface area contributed by atoms with E-state index in [4.69, 9.17) is 0 Å².